The van der Waals surface area contributed by atoms with Crippen LogP contribution in [-0.4, -0.2) is 11.1 Å². The molecule has 0 aromatic heterocycles. The Morgan fingerprint density at radius 1 is 1.36 bits per heavy atom. The van der Waals surface area contributed by atoms with E-state index in [1.165, 1.54) is 6.08 Å². The SMILES string of the molecule is C=CC1CC(/C=C/C(=O)O)C(C)C1C. The molecule has 0 aromatic rings. The summed E-state index contributed by atoms with van der Waals surface area (Å²) in [6, 6.07) is 0. The van der Waals surface area contributed by atoms with Crippen LogP contribution in [0.1, 0.15) is 20.3 Å². The topological polar surface area (TPSA) is 37.3 Å². The number of carboxylic acids is 1. The van der Waals surface area contributed by atoms with Gasteiger partial charge in [-0.05, 0) is 30.1 Å². The van der Waals surface area contributed by atoms with Gasteiger partial charge in [0.05, 0.1) is 0 Å². The molecular formula is C12H18O2. The van der Waals surface area contributed by atoms with Gasteiger partial charge >= 0.3 is 5.97 Å². The van der Waals surface area contributed by atoms with Gasteiger partial charge in [-0.1, -0.05) is 26.0 Å². The maximum Gasteiger partial charge on any atom is 0.327 e. The van der Waals surface area contributed by atoms with Gasteiger partial charge in [0.2, 0.25) is 0 Å². The fourth-order valence-corrected chi connectivity index (χ4v) is 2.29. The van der Waals surface area contributed by atoms with E-state index < -0.39 is 5.97 Å². The predicted octanol–water partition coefficient (Wildman–Crippen LogP) is 2.72. The first-order valence-electron chi connectivity index (χ1n) is 5.10. The van der Waals surface area contributed by atoms with Gasteiger partial charge in [-0.25, -0.2) is 4.79 Å². The summed E-state index contributed by atoms with van der Waals surface area (Å²) >= 11 is 0. The zero-order valence-electron chi connectivity index (χ0n) is 8.81. The molecule has 4 atom stereocenters. The Labute approximate surface area is 85.3 Å². The minimum atomic E-state index is -0.855. The third kappa shape index (κ3) is 2.25. The minimum absolute atomic E-state index is 0.393. The molecule has 0 spiro atoms. The van der Waals surface area contributed by atoms with E-state index >= 15 is 0 Å². The highest BCUT2D eigenvalue weighted by molar-refractivity contribution is 5.79. The first-order valence-corrected chi connectivity index (χ1v) is 5.10. The van der Waals surface area contributed by atoms with Crippen LogP contribution in [0.25, 0.3) is 0 Å². The normalized spacial score (nSPS) is 37.6. The van der Waals surface area contributed by atoms with Crippen LogP contribution in [0.3, 0.4) is 0 Å². The van der Waals surface area contributed by atoms with Crippen molar-refractivity contribution in [1.29, 1.82) is 0 Å². The van der Waals surface area contributed by atoms with Gasteiger partial charge in [0, 0.05) is 6.08 Å². The maximum absolute atomic E-state index is 10.4. The number of rotatable bonds is 3. The second-order valence-corrected chi connectivity index (χ2v) is 4.21. The lowest BCUT2D eigenvalue weighted by Crippen LogP contribution is -2.09. The van der Waals surface area contributed by atoms with Crippen LogP contribution in [0.5, 0.6) is 0 Å². The maximum atomic E-state index is 10.4. The molecule has 1 rings (SSSR count). The molecule has 0 bridgehead atoms. The quantitative estimate of drug-likeness (QED) is 0.554. The molecule has 1 N–H and O–H groups in total. The number of allylic oxidation sites excluding steroid dienone is 2. The van der Waals surface area contributed by atoms with Crippen molar-refractivity contribution < 1.29 is 9.90 Å². The highest BCUT2D eigenvalue weighted by Gasteiger charge is 2.34. The van der Waals surface area contributed by atoms with Gasteiger partial charge in [-0.15, -0.1) is 6.58 Å². The van der Waals surface area contributed by atoms with Crippen molar-refractivity contribution in [1.82, 2.24) is 0 Å². The number of carbonyl (C=O) groups is 1. The highest BCUT2D eigenvalue weighted by Crippen LogP contribution is 2.42. The largest absolute Gasteiger partial charge is 0.478 e. The molecule has 0 heterocycles. The average molecular weight is 194 g/mol. The monoisotopic (exact) mass is 194 g/mol. The first kappa shape index (κ1) is 11.0. The van der Waals surface area contributed by atoms with Crippen molar-refractivity contribution in [3.8, 4) is 0 Å². The predicted molar refractivity (Wildman–Crippen MR) is 56.9 cm³/mol. The summed E-state index contributed by atoms with van der Waals surface area (Å²) in [5, 5.41) is 8.54. The van der Waals surface area contributed by atoms with Gasteiger partial charge < -0.3 is 5.11 Å². The van der Waals surface area contributed by atoms with Crippen molar-refractivity contribution in [2.24, 2.45) is 23.7 Å². The van der Waals surface area contributed by atoms with Gasteiger partial charge in [0.1, 0.15) is 0 Å². The van der Waals surface area contributed by atoms with E-state index in [4.69, 9.17) is 5.11 Å². The second-order valence-electron chi connectivity index (χ2n) is 4.21. The summed E-state index contributed by atoms with van der Waals surface area (Å²) in [5.41, 5.74) is 0. The standard InChI is InChI=1S/C12H18O2/c1-4-10-7-11(5-6-12(13)14)9(3)8(10)2/h4-6,8-11H,1,7H2,2-3H3,(H,13,14)/b6-5+. The van der Waals surface area contributed by atoms with E-state index in [1.54, 1.807) is 0 Å². The summed E-state index contributed by atoms with van der Waals surface area (Å²) in [7, 11) is 0. The number of aliphatic carboxylic acids is 1. The summed E-state index contributed by atoms with van der Waals surface area (Å²) in [6.45, 7) is 8.22. The highest BCUT2D eigenvalue weighted by atomic mass is 16.4. The van der Waals surface area contributed by atoms with Crippen LogP contribution in [0.4, 0.5) is 0 Å². The van der Waals surface area contributed by atoms with E-state index in [0.29, 0.717) is 23.7 Å². The molecule has 0 saturated heterocycles. The molecule has 1 aliphatic carbocycles. The Hall–Kier alpha value is -1.05. The van der Waals surface area contributed by atoms with Crippen LogP contribution in [0, 0.1) is 23.7 Å². The average Bonchev–Trinajstić information content (AvgIpc) is 2.41. The third-order valence-electron chi connectivity index (χ3n) is 3.51. The molecule has 4 unspecified atom stereocenters. The minimum Gasteiger partial charge on any atom is -0.478 e. The molecule has 0 radical (unpaired) electrons. The summed E-state index contributed by atoms with van der Waals surface area (Å²) in [4.78, 5) is 10.4. The van der Waals surface area contributed by atoms with E-state index in [9.17, 15) is 4.79 Å². The van der Waals surface area contributed by atoms with Crippen molar-refractivity contribution in [3.63, 3.8) is 0 Å². The molecule has 0 aliphatic heterocycles. The first-order chi connectivity index (χ1) is 6.56. The molecule has 14 heavy (non-hydrogen) atoms. The van der Waals surface area contributed by atoms with Crippen molar-refractivity contribution in [2.45, 2.75) is 20.3 Å². The third-order valence-corrected chi connectivity index (χ3v) is 3.51. The Balaban J connectivity index is 2.65. The van der Waals surface area contributed by atoms with E-state index in [0.717, 1.165) is 6.42 Å². The number of hydrogen-bond donors (Lipinski definition) is 1. The van der Waals surface area contributed by atoms with Crippen molar-refractivity contribution in [3.05, 3.63) is 24.8 Å². The van der Waals surface area contributed by atoms with Crippen LogP contribution in [0.2, 0.25) is 0 Å². The van der Waals surface area contributed by atoms with Gasteiger partial charge in [0.15, 0.2) is 0 Å². The van der Waals surface area contributed by atoms with Gasteiger partial charge in [-0.3, -0.25) is 0 Å². The molecule has 1 saturated carbocycles. The van der Waals surface area contributed by atoms with Crippen LogP contribution >= 0.6 is 0 Å². The summed E-state index contributed by atoms with van der Waals surface area (Å²) in [5.74, 6) is 1.23. The fraction of sp³-hybridized carbons (Fsp3) is 0.583. The molecule has 1 fully saturated rings. The van der Waals surface area contributed by atoms with Crippen LogP contribution < -0.4 is 0 Å². The Kier molecular flexibility index (Phi) is 3.50. The van der Waals surface area contributed by atoms with Crippen molar-refractivity contribution >= 4 is 5.97 Å². The lowest BCUT2D eigenvalue weighted by atomic mass is 9.90. The van der Waals surface area contributed by atoms with Crippen molar-refractivity contribution in [2.75, 3.05) is 0 Å². The molecular weight excluding hydrogens is 176 g/mol. The molecule has 0 aromatic carbocycles. The zero-order valence-corrected chi connectivity index (χ0v) is 8.81. The Bertz CT molecular complexity index is 255. The number of carboxylic acid groups (broad SMARTS) is 1. The Morgan fingerprint density at radius 3 is 2.36 bits per heavy atom. The zero-order chi connectivity index (χ0) is 10.7. The Morgan fingerprint density at radius 2 is 1.93 bits per heavy atom. The smallest absolute Gasteiger partial charge is 0.327 e. The van der Waals surface area contributed by atoms with E-state index in [1.807, 2.05) is 12.2 Å². The molecule has 2 heteroatoms. The van der Waals surface area contributed by atoms with E-state index in [2.05, 4.69) is 20.4 Å². The lowest BCUT2D eigenvalue weighted by Gasteiger charge is -2.15. The van der Waals surface area contributed by atoms with Gasteiger partial charge in [0.25, 0.3) is 0 Å². The lowest BCUT2D eigenvalue weighted by molar-refractivity contribution is -0.131. The molecule has 78 valence electrons. The molecule has 2 nitrogen and oxygen atoms in total. The number of hydrogen-bond acceptors (Lipinski definition) is 1. The molecule has 1 aliphatic rings. The van der Waals surface area contributed by atoms with E-state index in [-0.39, 0.29) is 0 Å². The second kappa shape index (κ2) is 4.45. The summed E-state index contributed by atoms with van der Waals surface area (Å²) in [6.07, 6.45) is 6.12. The molecule has 0 amide bonds. The fourth-order valence-electron chi connectivity index (χ4n) is 2.29. The van der Waals surface area contributed by atoms with Crippen LogP contribution in [0.15, 0.2) is 24.8 Å². The summed E-state index contributed by atoms with van der Waals surface area (Å²) < 4.78 is 0. The van der Waals surface area contributed by atoms with Gasteiger partial charge in [-0.2, -0.15) is 0 Å². The van der Waals surface area contributed by atoms with Crippen LogP contribution in [-0.2, 0) is 4.79 Å².